The zero-order valence-corrected chi connectivity index (χ0v) is 12.7. The normalized spacial score (nSPS) is 16.5. The van der Waals surface area contributed by atoms with E-state index in [9.17, 15) is 18.8 Å². The van der Waals surface area contributed by atoms with Gasteiger partial charge in [-0.3, -0.25) is 19.3 Å². The molecular weight excluding hydrogens is 309 g/mol. The molecule has 2 amide bonds. The third-order valence-electron chi connectivity index (χ3n) is 2.89. The van der Waals surface area contributed by atoms with E-state index in [1.165, 1.54) is 30.3 Å². The highest BCUT2D eigenvalue weighted by Crippen LogP contribution is 2.32. The van der Waals surface area contributed by atoms with E-state index in [1.54, 1.807) is 6.92 Å². The molecule has 7 heteroatoms. The number of thioether (sulfide) groups is 1. The highest BCUT2D eigenvalue weighted by molar-refractivity contribution is 8.18. The highest BCUT2D eigenvalue weighted by atomic mass is 32.2. The fourth-order valence-corrected chi connectivity index (χ4v) is 2.70. The topological polar surface area (TPSA) is 63.7 Å². The number of hydrogen-bond donors (Lipinski definition) is 0. The van der Waals surface area contributed by atoms with E-state index < -0.39 is 17.1 Å². The van der Waals surface area contributed by atoms with Crippen LogP contribution >= 0.6 is 11.8 Å². The van der Waals surface area contributed by atoms with Crippen LogP contribution in [0.2, 0.25) is 0 Å². The van der Waals surface area contributed by atoms with Gasteiger partial charge in [-0.2, -0.15) is 0 Å². The van der Waals surface area contributed by atoms with Gasteiger partial charge in [0.05, 0.1) is 17.9 Å². The number of amides is 2. The lowest BCUT2D eigenvalue weighted by Gasteiger charge is -2.11. The molecule has 2 rings (SSSR count). The molecule has 1 saturated heterocycles. The Kier molecular flexibility index (Phi) is 5.32. The lowest BCUT2D eigenvalue weighted by Crippen LogP contribution is -2.30. The predicted molar refractivity (Wildman–Crippen MR) is 80.3 cm³/mol. The fraction of sp³-hybridized carbons (Fsp3) is 0.267. The minimum atomic E-state index is -0.455. The molecule has 1 fully saturated rings. The number of benzene rings is 1. The quantitative estimate of drug-likeness (QED) is 0.616. The Hall–Kier alpha value is -2.15. The van der Waals surface area contributed by atoms with E-state index >= 15 is 0 Å². The Morgan fingerprint density at radius 1 is 1.32 bits per heavy atom. The summed E-state index contributed by atoms with van der Waals surface area (Å²) >= 11 is 0.799. The summed E-state index contributed by atoms with van der Waals surface area (Å²) in [5, 5.41) is -0.428. The second kappa shape index (κ2) is 7.22. The van der Waals surface area contributed by atoms with Crippen molar-refractivity contribution in [2.75, 3.05) is 13.2 Å². The molecular formula is C15H14FNO4S. The first-order chi connectivity index (χ1) is 10.5. The number of nitrogens with zero attached hydrogens (tertiary/aromatic N) is 1. The maximum absolute atomic E-state index is 12.8. The number of imide groups is 1. The van der Waals surface area contributed by atoms with Gasteiger partial charge in [0.1, 0.15) is 5.82 Å². The molecule has 0 N–H and O–H groups in total. The molecule has 0 unspecified atom stereocenters. The average molecular weight is 323 g/mol. The molecule has 0 aromatic heterocycles. The van der Waals surface area contributed by atoms with Crippen LogP contribution in [-0.4, -0.2) is 35.2 Å². The van der Waals surface area contributed by atoms with E-state index in [1.807, 2.05) is 0 Å². The third kappa shape index (κ3) is 3.94. The molecule has 0 aliphatic carbocycles. The SMILES string of the molecule is CCOC(=O)CCN1C(=O)SC(=Cc2ccc(F)cc2)C1=O. The molecule has 1 aromatic rings. The van der Waals surface area contributed by atoms with Crippen molar-refractivity contribution in [3.8, 4) is 0 Å². The molecule has 1 heterocycles. The highest BCUT2D eigenvalue weighted by Gasteiger charge is 2.35. The molecule has 0 atom stereocenters. The Balaban J connectivity index is 2.05. The van der Waals surface area contributed by atoms with Gasteiger partial charge >= 0.3 is 5.97 Å². The van der Waals surface area contributed by atoms with Crippen molar-refractivity contribution in [3.63, 3.8) is 0 Å². The van der Waals surface area contributed by atoms with Gasteiger partial charge in [0.15, 0.2) is 0 Å². The summed E-state index contributed by atoms with van der Waals surface area (Å²) in [6.07, 6.45) is 1.49. The number of carbonyl (C=O) groups is 3. The fourth-order valence-electron chi connectivity index (χ4n) is 1.84. The number of rotatable bonds is 5. The Morgan fingerprint density at radius 2 is 2.00 bits per heavy atom. The Bertz CT molecular complexity index is 627. The standard InChI is InChI=1S/C15H14FNO4S/c1-2-21-13(18)7-8-17-14(19)12(22-15(17)20)9-10-3-5-11(16)6-4-10/h3-6,9H,2,7-8H2,1H3. The van der Waals surface area contributed by atoms with Gasteiger partial charge in [-0.05, 0) is 42.5 Å². The minimum Gasteiger partial charge on any atom is -0.466 e. The largest absolute Gasteiger partial charge is 0.466 e. The Morgan fingerprint density at radius 3 is 2.64 bits per heavy atom. The molecule has 5 nitrogen and oxygen atoms in total. The number of carbonyl (C=O) groups excluding carboxylic acids is 3. The van der Waals surface area contributed by atoms with Crippen molar-refractivity contribution in [1.29, 1.82) is 0 Å². The maximum Gasteiger partial charge on any atom is 0.307 e. The van der Waals surface area contributed by atoms with Crippen LogP contribution in [0.1, 0.15) is 18.9 Å². The maximum atomic E-state index is 12.8. The van der Waals surface area contributed by atoms with E-state index in [0.29, 0.717) is 5.56 Å². The van der Waals surface area contributed by atoms with Crippen molar-refractivity contribution >= 4 is 35.0 Å². The molecule has 116 valence electrons. The van der Waals surface area contributed by atoms with E-state index in [2.05, 4.69) is 0 Å². The van der Waals surface area contributed by atoms with E-state index in [-0.39, 0.29) is 30.3 Å². The summed E-state index contributed by atoms with van der Waals surface area (Å²) in [6.45, 7) is 1.93. The van der Waals surface area contributed by atoms with E-state index in [4.69, 9.17) is 4.74 Å². The second-order valence-corrected chi connectivity index (χ2v) is 5.43. The van der Waals surface area contributed by atoms with E-state index in [0.717, 1.165) is 16.7 Å². The first-order valence-corrected chi connectivity index (χ1v) is 7.49. The molecule has 0 radical (unpaired) electrons. The van der Waals surface area contributed by atoms with Gasteiger partial charge in [-0.25, -0.2) is 4.39 Å². The van der Waals surface area contributed by atoms with Crippen molar-refractivity contribution in [1.82, 2.24) is 4.90 Å². The molecule has 1 aliphatic rings. The Labute approximate surface area is 131 Å². The summed E-state index contributed by atoms with van der Waals surface area (Å²) in [5.74, 6) is -1.28. The summed E-state index contributed by atoms with van der Waals surface area (Å²) < 4.78 is 17.6. The zero-order chi connectivity index (χ0) is 16.1. The van der Waals surface area contributed by atoms with Crippen LogP contribution in [0.5, 0.6) is 0 Å². The molecule has 0 saturated carbocycles. The van der Waals surface area contributed by atoms with Gasteiger partial charge in [-0.15, -0.1) is 0 Å². The van der Waals surface area contributed by atoms with Crippen molar-refractivity contribution < 1.29 is 23.5 Å². The van der Waals surface area contributed by atoms with Crippen LogP contribution in [-0.2, 0) is 14.3 Å². The van der Waals surface area contributed by atoms with Crippen molar-refractivity contribution in [2.24, 2.45) is 0 Å². The monoisotopic (exact) mass is 323 g/mol. The number of ether oxygens (including phenoxy) is 1. The summed E-state index contributed by atoms with van der Waals surface area (Å²) in [6, 6.07) is 5.58. The second-order valence-electron chi connectivity index (χ2n) is 4.44. The average Bonchev–Trinajstić information content (AvgIpc) is 2.74. The van der Waals surface area contributed by atoms with Crippen LogP contribution in [0.4, 0.5) is 9.18 Å². The lowest BCUT2D eigenvalue weighted by molar-refractivity contribution is -0.143. The van der Waals surface area contributed by atoms with Gasteiger partial charge in [0, 0.05) is 6.54 Å². The third-order valence-corrected chi connectivity index (χ3v) is 3.79. The van der Waals surface area contributed by atoms with Crippen LogP contribution in [0.25, 0.3) is 6.08 Å². The smallest absolute Gasteiger partial charge is 0.307 e. The molecule has 0 spiro atoms. The van der Waals surface area contributed by atoms with Crippen molar-refractivity contribution in [2.45, 2.75) is 13.3 Å². The molecule has 1 aliphatic heterocycles. The number of halogens is 1. The van der Waals surface area contributed by atoms with Crippen molar-refractivity contribution in [3.05, 3.63) is 40.6 Å². The van der Waals surface area contributed by atoms with Gasteiger partial charge in [0.25, 0.3) is 11.1 Å². The van der Waals surface area contributed by atoms with Crippen LogP contribution < -0.4 is 0 Å². The van der Waals surface area contributed by atoms with Gasteiger partial charge in [-0.1, -0.05) is 12.1 Å². The summed E-state index contributed by atoms with van der Waals surface area (Å²) in [7, 11) is 0. The minimum absolute atomic E-state index is 0.00966. The summed E-state index contributed by atoms with van der Waals surface area (Å²) in [4.78, 5) is 36.5. The molecule has 1 aromatic carbocycles. The number of esters is 1. The van der Waals surface area contributed by atoms with Crippen LogP contribution in [0.3, 0.4) is 0 Å². The molecule has 22 heavy (non-hydrogen) atoms. The summed E-state index contributed by atoms with van der Waals surface area (Å²) in [5.41, 5.74) is 0.622. The van der Waals surface area contributed by atoms with Crippen LogP contribution in [0.15, 0.2) is 29.2 Å². The van der Waals surface area contributed by atoms with Gasteiger partial charge < -0.3 is 4.74 Å². The lowest BCUT2D eigenvalue weighted by atomic mass is 10.2. The van der Waals surface area contributed by atoms with Gasteiger partial charge in [0.2, 0.25) is 0 Å². The predicted octanol–water partition coefficient (Wildman–Crippen LogP) is 2.82. The first-order valence-electron chi connectivity index (χ1n) is 6.68. The molecule has 0 bridgehead atoms. The first kappa shape index (κ1) is 16.2. The number of hydrogen-bond acceptors (Lipinski definition) is 5. The van der Waals surface area contributed by atoms with Crippen LogP contribution in [0, 0.1) is 5.82 Å². The zero-order valence-electron chi connectivity index (χ0n) is 11.9.